The van der Waals surface area contributed by atoms with Crippen molar-refractivity contribution in [3.63, 3.8) is 0 Å². The first kappa shape index (κ1) is 19.9. The standard InChI is InChI=1S/C24H27NO6/c1-12-14-9-10-25(3)19(18(14)23(28-6)24-20(12)29-11-30-24)21-15-7-8-16(26-4)22(27-5)17(15)13(2)31-21/h7-8,19,21H,2,9-11H2,1,3-6H3/t19?,21-/m0/s1. The molecular formula is C24H27NO6. The number of likely N-dealkylation sites (N-methyl/N-ethyl adjacent to an activating group) is 1. The summed E-state index contributed by atoms with van der Waals surface area (Å²) in [6, 6.07) is 3.86. The predicted molar refractivity (Wildman–Crippen MR) is 115 cm³/mol. The van der Waals surface area contributed by atoms with Gasteiger partial charge in [0.05, 0.1) is 32.9 Å². The predicted octanol–water partition coefficient (Wildman–Crippen LogP) is 4.02. The zero-order chi connectivity index (χ0) is 21.9. The number of methoxy groups -OCH3 is 3. The smallest absolute Gasteiger partial charge is 0.231 e. The number of fused-ring (bicyclic) bond motifs is 3. The molecule has 7 nitrogen and oxygen atoms in total. The SMILES string of the molecule is C=C1O[C@H](C2c3c(c(C)c4c(c3OC)OCO4)CCN2C)c2ccc(OC)c(OC)c21. The molecule has 164 valence electrons. The van der Waals surface area contributed by atoms with Crippen LogP contribution < -0.4 is 23.7 Å². The van der Waals surface area contributed by atoms with E-state index in [9.17, 15) is 0 Å². The average Bonchev–Trinajstić information content (AvgIpc) is 3.39. The van der Waals surface area contributed by atoms with Gasteiger partial charge in [-0.3, -0.25) is 4.90 Å². The summed E-state index contributed by atoms with van der Waals surface area (Å²) in [7, 11) is 7.04. The summed E-state index contributed by atoms with van der Waals surface area (Å²) < 4.78 is 35.0. The van der Waals surface area contributed by atoms with E-state index >= 15 is 0 Å². The Kier molecular flexibility index (Phi) is 4.66. The van der Waals surface area contributed by atoms with Crippen molar-refractivity contribution >= 4 is 5.76 Å². The molecule has 3 heterocycles. The lowest BCUT2D eigenvalue weighted by Gasteiger charge is -2.39. The van der Waals surface area contributed by atoms with Gasteiger partial charge in [0, 0.05) is 17.7 Å². The van der Waals surface area contributed by atoms with Gasteiger partial charge < -0.3 is 28.4 Å². The highest BCUT2D eigenvalue weighted by Crippen LogP contribution is 2.58. The maximum absolute atomic E-state index is 6.40. The van der Waals surface area contributed by atoms with Crippen LogP contribution in [0.1, 0.15) is 40.0 Å². The Bertz CT molecular complexity index is 1080. The lowest BCUT2D eigenvalue weighted by atomic mass is 9.83. The molecule has 2 atom stereocenters. The molecule has 7 heteroatoms. The van der Waals surface area contributed by atoms with Crippen LogP contribution in [0, 0.1) is 6.92 Å². The maximum Gasteiger partial charge on any atom is 0.231 e. The molecule has 3 aliphatic rings. The van der Waals surface area contributed by atoms with Crippen molar-refractivity contribution in [3.8, 4) is 28.7 Å². The largest absolute Gasteiger partial charge is 0.493 e. The first-order chi connectivity index (χ1) is 15.0. The van der Waals surface area contributed by atoms with Gasteiger partial charge in [-0.15, -0.1) is 0 Å². The molecule has 0 radical (unpaired) electrons. The molecule has 1 unspecified atom stereocenters. The van der Waals surface area contributed by atoms with E-state index in [0.29, 0.717) is 28.8 Å². The molecule has 0 spiro atoms. The minimum Gasteiger partial charge on any atom is -0.493 e. The zero-order valence-electron chi connectivity index (χ0n) is 18.5. The van der Waals surface area contributed by atoms with Crippen molar-refractivity contribution < 1.29 is 28.4 Å². The van der Waals surface area contributed by atoms with E-state index in [1.165, 1.54) is 5.56 Å². The fourth-order valence-corrected chi connectivity index (χ4v) is 5.17. The van der Waals surface area contributed by atoms with E-state index in [2.05, 4.69) is 25.5 Å². The van der Waals surface area contributed by atoms with Crippen LogP contribution in [0.4, 0.5) is 0 Å². The molecule has 2 aromatic carbocycles. The van der Waals surface area contributed by atoms with Crippen molar-refractivity contribution in [2.45, 2.75) is 25.5 Å². The van der Waals surface area contributed by atoms with Gasteiger partial charge in [-0.2, -0.15) is 0 Å². The van der Waals surface area contributed by atoms with Gasteiger partial charge >= 0.3 is 0 Å². The number of rotatable bonds is 4. The van der Waals surface area contributed by atoms with Gasteiger partial charge in [-0.1, -0.05) is 12.6 Å². The topological polar surface area (TPSA) is 58.6 Å². The van der Waals surface area contributed by atoms with Crippen molar-refractivity contribution in [1.82, 2.24) is 4.90 Å². The van der Waals surface area contributed by atoms with Gasteiger partial charge in [-0.05, 0) is 37.6 Å². The molecule has 0 bridgehead atoms. The summed E-state index contributed by atoms with van der Waals surface area (Å²) in [5.74, 6) is 4.03. The Morgan fingerprint density at radius 1 is 1.03 bits per heavy atom. The Labute approximate surface area is 182 Å². The monoisotopic (exact) mass is 425 g/mol. The number of ether oxygens (including phenoxy) is 6. The molecule has 0 fully saturated rings. The fourth-order valence-electron chi connectivity index (χ4n) is 5.17. The highest BCUT2D eigenvalue weighted by atomic mass is 16.7. The first-order valence-electron chi connectivity index (χ1n) is 10.3. The third kappa shape index (κ3) is 2.69. The Hall–Kier alpha value is -3.06. The molecule has 0 saturated carbocycles. The van der Waals surface area contributed by atoms with Crippen LogP contribution >= 0.6 is 0 Å². The third-order valence-electron chi connectivity index (χ3n) is 6.59. The molecule has 0 N–H and O–H groups in total. The minimum atomic E-state index is -0.278. The molecule has 5 rings (SSSR count). The Balaban J connectivity index is 1.72. The quantitative estimate of drug-likeness (QED) is 0.733. The van der Waals surface area contributed by atoms with E-state index < -0.39 is 0 Å². The van der Waals surface area contributed by atoms with Crippen molar-refractivity contribution in [3.05, 3.63) is 46.5 Å². The van der Waals surface area contributed by atoms with Crippen molar-refractivity contribution in [2.24, 2.45) is 0 Å². The van der Waals surface area contributed by atoms with Crippen LogP contribution in [0.25, 0.3) is 5.76 Å². The van der Waals surface area contributed by atoms with Gasteiger partial charge in [0.2, 0.25) is 12.5 Å². The zero-order valence-corrected chi connectivity index (χ0v) is 18.5. The van der Waals surface area contributed by atoms with Crippen LogP contribution in [0.2, 0.25) is 0 Å². The average molecular weight is 425 g/mol. The van der Waals surface area contributed by atoms with Crippen LogP contribution in [-0.2, 0) is 11.2 Å². The van der Waals surface area contributed by atoms with Crippen LogP contribution in [0.5, 0.6) is 28.7 Å². The number of hydrogen-bond acceptors (Lipinski definition) is 7. The van der Waals surface area contributed by atoms with Gasteiger partial charge in [0.25, 0.3) is 0 Å². The lowest BCUT2D eigenvalue weighted by Crippen LogP contribution is -2.36. The van der Waals surface area contributed by atoms with Crippen LogP contribution in [-0.4, -0.2) is 46.6 Å². The van der Waals surface area contributed by atoms with Gasteiger partial charge in [-0.25, -0.2) is 0 Å². The summed E-state index contributed by atoms with van der Waals surface area (Å²) in [5, 5.41) is 0. The molecule has 0 amide bonds. The van der Waals surface area contributed by atoms with E-state index in [4.69, 9.17) is 28.4 Å². The number of nitrogens with zero attached hydrogens (tertiary/aromatic N) is 1. The van der Waals surface area contributed by atoms with Gasteiger partial charge in [0.15, 0.2) is 23.0 Å². The summed E-state index contributed by atoms with van der Waals surface area (Å²) in [5.41, 5.74) is 5.28. The minimum absolute atomic E-state index is 0.0944. The first-order valence-corrected chi connectivity index (χ1v) is 10.3. The molecule has 2 aromatic rings. The number of benzene rings is 2. The summed E-state index contributed by atoms with van der Waals surface area (Å²) in [6.45, 7) is 7.35. The lowest BCUT2D eigenvalue weighted by molar-refractivity contribution is 0.0638. The van der Waals surface area contributed by atoms with E-state index in [-0.39, 0.29) is 18.9 Å². The molecule has 0 saturated heterocycles. The van der Waals surface area contributed by atoms with Crippen molar-refractivity contribution in [2.75, 3.05) is 41.7 Å². The molecule has 0 aromatic heterocycles. The maximum atomic E-state index is 6.40. The summed E-state index contributed by atoms with van der Waals surface area (Å²) in [4.78, 5) is 2.30. The second-order valence-corrected chi connectivity index (χ2v) is 8.02. The summed E-state index contributed by atoms with van der Waals surface area (Å²) >= 11 is 0. The van der Waals surface area contributed by atoms with Crippen LogP contribution in [0.3, 0.4) is 0 Å². The molecular weight excluding hydrogens is 398 g/mol. The van der Waals surface area contributed by atoms with Crippen molar-refractivity contribution in [1.29, 1.82) is 0 Å². The van der Waals surface area contributed by atoms with E-state index in [0.717, 1.165) is 41.0 Å². The van der Waals surface area contributed by atoms with Crippen LogP contribution in [0.15, 0.2) is 18.7 Å². The van der Waals surface area contributed by atoms with E-state index in [1.54, 1.807) is 21.3 Å². The summed E-state index contributed by atoms with van der Waals surface area (Å²) in [6.07, 6.45) is 0.619. The highest BCUT2D eigenvalue weighted by molar-refractivity contribution is 5.75. The Morgan fingerprint density at radius 2 is 1.77 bits per heavy atom. The van der Waals surface area contributed by atoms with E-state index in [1.807, 2.05) is 12.1 Å². The highest BCUT2D eigenvalue weighted by Gasteiger charge is 2.45. The molecule has 3 aliphatic heterocycles. The fraction of sp³-hybridized carbons (Fsp3) is 0.417. The second kappa shape index (κ2) is 7.27. The normalized spacial score (nSPS) is 21.4. The number of hydrogen-bond donors (Lipinski definition) is 0. The molecule has 31 heavy (non-hydrogen) atoms. The third-order valence-corrected chi connectivity index (χ3v) is 6.59. The van der Waals surface area contributed by atoms with Gasteiger partial charge in [0.1, 0.15) is 11.9 Å². The Morgan fingerprint density at radius 3 is 2.48 bits per heavy atom. The molecule has 0 aliphatic carbocycles. The second-order valence-electron chi connectivity index (χ2n) is 8.02.